The lowest BCUT2D eigenvalue weighted by atomic mass is 10.3. The van der Waals surface area contributed by atoms with Gasteiger partial charge in [0, 0.05) is 6.54 Å². The molecule has 0 aliphatic carbocycles. The summed E-state index contributed by atoms with van der Waals surface area (Å²) in [7, 11) is 0. The number of aromatic nitrogens is 2. The lowest BCUT2D eigenvalue weighted by molar-refractivity contribution is 0.805. The van der Waals surface area contributed by atoms with Gasteiger partial charge in [0.25, 0.3) is 0 Å². The summed E-state index contributed by atoms with van der Waals surface area (Å²) in [4.78, 5) is 0. The van der Waals surface area contributed by atoms with Gasteiger partial charge in [-0.1, -0.05) is 11.3 Å². The molecule has 0 radical (unpaired) electrons. The van der Waals surface area contributed by atoms with E-state index in [1.54, 1.807) is 11.3 Å². The molecule has 5 heteroatoms. The van der Waals surface area contributed by atoms with E-state index in [0.717, 1.165) is 10.0 Å². The maximum atomic E-state index is 5.46. The minimum Gasteiger partial charge on any atom is -0.324 e. The van der Waals surface area contributed by atoms with Gasteiger partial charge in [0.15, 0.2) is 0 Å². The second-order valence-corrected chi connectivity index (χ2v) is 5.14. The summed E-state index contributed by atoms with van der Waals surface area (Å²) in [6.07, 6.45) is 2.57. The Morgan fingerprint density at radius 3 is 3.00 bits per heavy atom. The zero-order valence-electron chi connectivity index (χ0n) is 6.69. The van der Waals surface area contributed by atoms with E-state index >= 15 is 0 Å². The quantitative estimate of drug-likeness (QED) is 0.789. The molecular weight excluding hydrogens is 190 g/mol. The third-order valence-electron chi connectivity index (χ3n) is 1.86. The van der Waals surface area contributed by atoms with Crippen LogP contribution in [-0.2, 0) is 6.54 Å². The second kappa shape index (κ2) is 3.72. The highest BCUT2D eigenvalue weighted by Crippen LogP contribution is 2.40. The van der Waals surface area contributed by atoms with Crippen LogP contribution in [0, 0.1) is 0 Å². The van der Waals surface area contributed by atoms with Gasteiger partial charge in [0.05, 0.1) is 5.25 Å². The minimum absolute atomic E-state index is 0.523. The van der Waals surface area contributed by atoms with Crippen LogP contribution in [-0.4, -0.2) is 16.0 Å². The van der Waals surface area contributed by atoms with E-state index in [9.17, 15) is 0 Å². The fraction of sp³-hybridized carbons (Fsp3) is 0.714. The first-order valence-electron chi connectivity index (χ1n) is 4.04. The van der Waals surface area contributed by atoms with E-state index in [-0.39, 0.29) is 0 Å². The third-order valence-corrected chi connectivity index (χ3v) is 4.46. The fourth-order valence-corrected chi connectivity index (χ4v) is 3.48. The van der Waals surface area contributed by atoms with E-state index in [1.165, 1.54) is 18.6 Å². The molecule has 1 atom stereocenters. The molecule has 0 saturated carbocycles. The van der Waals surface area contributed by atoms with Crippen LogP contribution in [0.2, 0.25) is 0 Å². The molecule has 0 spiro atoms. The first-order chi connectivity index (χ1) is 5.90. The summed E-state index contributed by atoms with van der Waals surface area (Å²) in [5.74, 6) is 1.27. The summed E-state index contributed by atoms with van der Waals surface area (Å²) < 4.78 is 0. The first kappa shape index (κ1) is 8.47. The lowest BCUT2D eigenvalue weighted by Gasteiger charge is -1.99. The molecular formula is C7H11N3S2. The Morgan fingerprint density at radius 1 is 1.50 bits per heavy atom. The van der Waals surface area contributed by atoms with Crippen molar-refractivity contribution in [2.45, 2.75) is 24.6 Å². The molecule has 1 aliphatic heterocycles. The van der Waals surface area contributed by atoms with Crippen molar-refractivity contribution in [2.24, 2.45) is 5.73 Å². The van der Waals surface area contributed by atoms with Crippen molar-refractivity contribution in [3.8, 4) is 0 Å². The zero-order chi connectivity index (χ0) is 8.39. The monoisotopic (exact) mass is 201 g/mol. The molecule has 2 rings (SSSR count). The van der Waals surface area contributed by atoms with E-state index in [1.807, 2.05) is 11.8 Å². The number of nitrogens with zero attached hydrogens (tertiary/aromatic N) is 2. The molecule has 12 heavy (non-hydrogen) atoms. The van der Waals surface area contributed by atoms with Gasteiger partial charge in [-0.2, -0.15) is 11.8 Å². The third kappa shape index (κ3) is 1.62. The summed E-state index contributed by atoms with van der Waals surface area (Å²) in [6, 6.07) is 0. The average Bonchev–Trinajstić information content (AvgIpc) is 2.75. The topological polar surface area (TPSA) is 51.8 Å². The Kier molecular flexibility index (Phi) is 2.63. The largest absolute Gasteiger partial charge is 0.324 e. The predicted octanol–water partition coefficient (Wildman–Crippen LogP) is 1.56. The van der Waals surface area contributed by atoms with Crippen LogP contribution in [0.15, 0.2) is 0 Å². The highest BCUT2D eigenvalue weighted by Gasteiger charge is 2.21. The van der Waals surface area contributed by atoms with Gasteiger partial charge in [-0.25, -0.2) is 0 Å². The van der Waals surface area contributed by atoms with Crippen LogP contribution < -0.4 is 5.73 Å². The molecule has 66 valence electrons. The standard InChI is InChI=1S/C7H11N3S2/c8-4-6-9-10-7(12-6)5-2-1-3-11-5/h5H,1-4,8H2. The van der Waals surface area contributed by atoms with Gasteiger partial charge in [-0.05, 0) is 18.6 Å². The smallest absolute Gasteiger partial charge is 0.131 e. The Labute approximate surface area is 79.8 Å². The molecule has 1 saturated heterocycles. The summed E-state index contributed by atoms with van der Waals surface area (Å²) in [5.41, 5.74) is 5.46. The van der Waals surface area contributed by atoms with E-state index in [0.29, 0.717) is 11.8 Å². The number of hydrogen-bond donors (Lipinski definition) is 1. The Hall–Kier alpha value is -0.130. The average molecular weight is 201 g/mol. The summed E-state index contributed by atoms with van der Waals surface area (Å²) in [5, 5.41) is 10.9. The van der Waals surface area contributed by atoms with Crippen LogP contribution in [0.5, 0.6) is 0 Å². The molecule has 1 aromatic rings. The second-order valence-electron chi connectivity index (χ2n) is 2.74. The Morgan fingerprint density at radius 2 is 2.42 bits per heavy atom. The molecule has 2 N–H and O–H groups in total. The van der Waals surface area contributed by atoms with Crippen LogP contribution in [0.1, 0.15) is 28.1 Å². The first-order valence-corrected chi connectivity index (χ1v) is 5.90. The van der Waals surface area contributed by atoms with E-state index < -0.39 is 0 Å². The van der Waals surface area contributed by atoms with Gasteiger partial charge >= 0.3 is 0 Å². The summed E-state index contributed by atoms with van der Waals surface area (Å²) >= 11 is 3.65. The molecule has 1 unspecified atom stereocenters. The van der Waals surface area contributed by atoms with Crippen molar-refractivity contribution in [2.75, 3.05) is 5.75 Å². The maximum absolute atomic E-state index is 5.46. The van der Waals surface area contributed by atoms with Crippen LogP contribution in [0.25, 0.3) is 0 Å². The number of hydrogen-bond acceptors (Lipinski definition) is 5. The molecule has 0 aromatic carbocycles. The normalized spacial score (nSPS) is 23.2. The molecule has 1 fully saturated rings. The van der Waals surface area contributed by atoms with Crippen molar-refractivity contribution in [3.63, 3.8) is 0 Å². The van der Waals surface area contributed by atoms with Gasteiger partial charge in [-0.15, -0.1) is 10.2 Å². The van der Waals surface area contributed by atoms with E-state index in [4.69, 9.17) is 5.73 Å². The molecule has 2 heterocycles. The maximum Gasteiger partial charge on any atom is 0.131 e. The minimum atomic E-state index is 0.523. The van der Waals surface area contributed by atoms with Crippen molar-refractivity contribution in [1.82, 2.24) is 10.2 Å². The number of thioether (sulfide) groups is 1. The van der Waals surface area contributed by atoms with Gasteiger partial charge in [-0.3, -0.25) is 0 Å². The van der Waals surface area contributed by atoms with Crippen molar-refractivity contribution in [1.29, 1.82) is 0 Å². The Balaban J connectivity index is 2.11. The highest BCUT2D eigenvalue weighted by atomic mass is 32.2. The van der Waals surface area contributed by atoms with Crippen molar-refractivity contribution >= 4 is 23.1 Å². The van der Waals surface area contributed by atoms with Crippen LogP contribution in [0.4, 0.5) is 0 Å². The molecule has 0 bridgehead atoms. The van der Waals surface area contributed by atoms with Gasteiger partial charge in [0.2, 0.25) is 0 Å². The van der Waals surface area contributed by atoms with Gasteiger partial charge < -0.3 is 5.73 Å². The van der Waals surface area contributed by atoms with Crippen LogP contribution >= 0.6 is 23.1 Å². The lowest BCUT2D eigenvalue weighted by Crippen LogP contribution is -1.94. The molecule has 1 aliphatic rings. The summed E-state index contributed by atoms with van der Waals surface area (Å²) in [6.45, 7) is 0.523. The SMILES string of the molecule is NCc1nnc(C2CCCS2)s1. The zero-order valence-corrected chi connectivity index (χ0v) is 8.33. The van der Waals surface area contributed by atoms with Gasteiger partial charge in [0.1, 0.15) is 10.0 Å². The van der Waals surface area contributed by atoms with Crippen molar-refractivity contribution < 1.29 is 0 Å². The van der Waals surface area contributed by atoms with Crippen LogP contribution in [0.3, 0.4) is 0 Å². The van der Waals surface area contributed by atoms with Crippen molar-refractivity contribution in [3.05, 3.63) is 10.0 Å². The predicted molar refractivity (Wildman–Crippen MR) is 52.2 cm³/mol. The molecule has 0 amide bonds. The number of rotatable bonds is 2. The number of nitrogens with two attached hydrogens (primary N) is 1. The fourth-order valence-electron chi connectivity index (χ4n) is 1.25. The molecule has 1 aromatic heterocycles. The Bertz CT molecular complexity index is 255. The van der Waals surface area contributed by atoms with E-state index in [2.05, 4.69) is 10.2 Å². The highest BCUT2D eigenvalue weighted by molar-refractivity contribution is 7.99. The molecule has 3 nitrogen and oxygen atoms in total.